The van der Waals surface area contributed by atoms with E-state index in [1.54, 1.807) is 19.2 Å². The van der Waals surface area contributed by atoms with E-state index in [1.165, 1.54) is 6.08 Å². The molecule has 0 saturated heterocycles. The highest BCUT2D eigenvalue weighted by molar-refractivity contribution is 9.10. The van der Waals surface area contributed by atoms with Crippen LogP contribution >= 0.6 is 39.1 Å². The fourth-order valence-corrected chi connectivity index (χ4v) is 6.06. The molecule has 0 spiro atoms. The van der Waals surface area contributed by atoms with Gasteiger partial charge < -0.3 is 14.9 Å². The Bertz CT molecular complexity index is 1940. The molecule has 0 bridgehead atoms. The lowest BCUT2D eigenvalue weighted by Gasteiger charge is -2.31. The molecule has 2 amide bonds. The van der Waals surface area contributed by atoms with Crippen molar-refractivity contribution in [2.45, 2.75) is 38.5 Å². The minimum Gasteiger partial charge on any atom is -0.433 e. The molecule has 3 aromatic carbocycles. The molecule has 1 aliphatic carbocycles. The number of halogens is 14. The second-order valence-electron chi connectivity index (χ2n) is 11.8. The summed E-state index contributed by atoms with van der Waals surface area (Å²) in [7, 11) is 0. The molecule has 1 fully saturated rings. The van der Waals surface area contributed by atoms with Gasteiger partial charge in [0.2, 0.25) is 0 Å². The Morgan fingerprint density at radius 1 is 0.943 bits per heavy atom. The van der Waals surface area contributed by atoms with Gasteiger partial charge in [-0.3, -0.25) is 9.59 Å². The number of nitrogens with zero attached hydrogens (tertiary/aromatic N) is 1. The number of carbonyl (C=O) groups is 3. The zero-order chi connectivity index (χ0) is 40.0. The fourth-order valence-electron chi connectivity index (χ4n) is 5.24. The number of ether oxygens (including phenoxy) is 1. The van der Waals surface area contributed by atoms with Crippen molar-refractivity contribution < 1.29 is 72.3 Å². The lowest BCUT2D eigenvalue weighted by atomic mass is 9.93. The van der Waals surface area contributed by atoms with E-state index in [0.29, 0.717) is 0 Å². The van der Waals surface area contributed by atoms with Crippen LogP contribution in [0.5, 0.6) is 5.75 Å². The highest BCUT2D eigenvalue weighted by Gasteiger charge is 2.73. The van der Waals surface area contributed by atoms with Crippen LogP contribution in [0, 0.1) is 28.9 Å². The Morgan fingerprint density at radius 2 is 1.53 bits per heavy atom. The second-order valence-corrected chi connectivity index (χ2v) is 13.6. The van der Waals surface area contributed by atoms with Gasteiger partial charge in [0.05, 0.1) is 17.2 Å². The predicted molar refractivity (Wildman–Crippen MR) is 170 cm³/mol. The summed E-state index contributed by atoms with van der Waals surface area (Å²) in [5.74, 6) is -9.69. The fraction of sp³-hybridized carbons (Fsp3) is 0.281. The van der Waals surface area contributed by atoms with E-state index < -0.39 is 104 Å². The molecule has 2 atom stereocenters. The number of carbonyl (C=O) groups excluding carboxylic acids is 3. The minimum absolute atomic E-state index is 0.122. The van der Waals surface area contributed by atoms with Crippen LogP contribution in [0.25, 0.3) is 0 Å². The summed E-state index contributed by atoms with van der Waals surface area (Å²) < 4.78 is 154. The topological polar surface area (TPSA) is 84.9 Å². The monoisotopic (exact) mass is 870 g/mol. The predicted octanol–water partition coefficient (Wildman–Crippen LogP) is 10.6. The summed E-state index contributed by atoms with van der Waals surface area (Å²) >= 11 is 14.0. The molecule has 7 nitrogen and oxygen atoms in total. The molecule has 0 radical (unpaired) electrons. The molecule has 286 valence electrons. The van der Waals surface area contributed by atoms with E-state index in [4.69, 9.17) is 28.0 Å². The van der Waals surface area contributed by atoms with Gasteiger partial charge in [-0.15, -0.1) is 5.06 Å². The Hall–Kier alpha value is -4.10. The number of benzene rings is 3. The number of hydrogen-bond acceptors (Lipinski definition) is 5. The van der Waals surface area contributed by atoms with Crippen molar-refractivity contribution in [2.24, 2.45) is 17.3 Å². The van der Waals surface area contributed by atoms with Crippen LogP contribution in [0.15, 0.2) is 69.6 Å². The smallest absolute Gasteiger partial charge is 0.433 e. The third-order valence-corrected chi connectivity index (χ3v) is 8.93. The zero-order valence-corrected chi connectivity index (χ0v) is 29.4. The van der Waals surface area contributed by atoms with Gasteiger partial charge in [-0.1, -0.05) is 43.1 Å². The van der Waals surface area contributed by atoms with E-state index in [0.717, 1.165) is 42.5 Å². The van der Waals surface area contributed by atoms with Crippen molar-refractivity contribution in [2.75, 3.05) is 10.4 Å². The standard InChI is InChI=1S/C32H20BrCl2F11N2O5/c1-29(2)17(12-21(34)35)22(29)27(51)53-48(26(50)13-6-8-15(36)9-7-13)19-5-3-4-16(23(19)37)25(49)47-24-18(33)10-14(11-20(24)52-28(38)39)30(40,31(41,42)43)32(44,45)46/h3-12,17,22,28H,1-2H3,(H,47,49). The highest BCUT2D eigenvalue weighted by atomic mass is 79.9. The van der Waals surface area contributed by atoms with Crippen LogP contribution in [0.4, 0.5) is 59.7 Å². The second kappa shape index (κ2) is 15.0. The molecule has 0 aliphatic heterocycles. The van der Waals surface area contributed by atoms with E-state index in [9.17, 15) is 58.3 Å². The van der Waals surface area contributed by atoms with Gasteiger partial charge in [0.15, 0.2) is 11.6 Å². The molecule has 4 rings (SSSR count). The van der Waals surface area contributed by atoms with Crippen molar-refractivity contribution in [1.82, 2.24) is 0 Å². The number of amides is 2. The van der Waals surface area contributed by atoms with E-state index in [2.05, 4.69) is 20.7 Å². The minimum atomic E-state index is -6.66. The van der Waals surface area contributed by atoms with Gasteiger partial charge in [-0.25, -0.2) is 18.0 Å². The quantitative estimate of drug-likeness (QED) is 0.171. The SMILES string of the molecule is CC1(C)C(C=C(Cl)Cl)C1C(=O)ON(C(=O)c1ccc(F)cc1)c1cccc(C(=O)Nc2c(Br)cc(C(F)(C(F)(F)F)C(F)(F)F)cc2OC(F)F)c1F. The van der Waals surface area contributed by atoms with E-state index in [1.807, 2.05) is 0 Å². The van der Waals surface area contributed by atoms with Gasteiger partial charge in [-0.2, -0.15) is 35.1 Å². The number of alkyl halides is 9. The first-order valence-electron chi connectivity index (χ1n) is 14.4. The van der Waals surface area contributed by atoms with Crippen LogP contribution in [-0.4, -0.2) is 36.7 Å². The molecule has 53 heavy (non-hydrogen) atoms. The Morgan fingerprint density at radius 3 is 2.06 bits per heavy atom. The maximum Gasteiger partial charge on any atom is 0.435 e. The number of hydroxylamine groups is 1. The van der Waals surface area contributed by atoms with Crippen LogP contribution in [0.3, 0.4) is 0 Å². The maximum atomic E-state index is 16.2. The summed E-state index contributed by atoms with van der Waals surface area (Å²) in [6.45, 7) is -0.720. The lowest BCUT2D eigenvalue weighted by molar-refractivity contribution is -0.348. The molecule has 3 aromatic rings. The normalized spacial score (nSPS) is 16.8. The molecule has 1 N–H and O–H groups in total. The van der Waals surface area contributed by atoms with Crippen LogP contribution in [-0.2, 0) is 15.3 Å². The van der Waals surface area contributed by atoms with Gasteiger partial charge in [-0.05, 0) is 81.9 Å². The van der Waals surface area contributed by atoms with Crippen molar-refractivity contribution in [1.29, 1.82) is 0 Å². The van der Waals surface area contributed by atoms with E-state index >= 15 is 4.39 Å². The van der Waals surface area contributed by atoms with Gasteiger partial charge in [0, 0.05) is 15.6 Å². The number of hydrogen-bond donors (Lipinski definition) is 1. The van der Waals surface area contributed by atoms with Crippen LogP contribution in [0.2, 0.25) is 0 Å². The third kappa shape index (κ3) is 8.36. The summed E-state index contributed by atoms with van der Waals surface area (Å²) in [4.78, 5) is 45.5. The number of anilines is 2. The summed E-state index contributed by atoms with van der Waals surface area (Å²) in [6.07, 6.45) is -12.0. The molecule has 1 saturated carbocycles. The number of rotatable bonds is 9. The average Bonchev–Trinajstić information content (AvgIpc) is 3.57. The van der Waals surface area contributed by atoms with Crippen molar-refractivity contribution >= 4 is 68.3 Å². The summed E-state index contributed by atoms with van der Waals surface area (Å²) in [6, 6.07) is 5.59. The molecule has 0 heterocycles. The Balaban J connectivity index is 1.78. The highest BCUT2D eigenvalue weighted by Crippen LogP contribution is 2.60. The molecule has 0 aromatic heterocycles. The zero-order valence-electron chi connectivity index (χ0n) is 26.3. The molecular weight excluding hydrogens is 852 g/mol. The van der Waals surface area contributed by atoms with Gasteiger partial charge in [0.25, 0.3) is 11.8 Å². The van der Waals surface area contributed by atoms with Crippen LogP contribution in [0.1, 0.15) is 40.1 Å². The third-order valence-electron chi connectivity index (χ3n) is 8.06. The number of allylic oxidation sites excluding steroid dienone is 1. The molecule has 2 unspecified atom stereocenters. The maximum absolute atomic E-state index is 16.2. The summed E-state index contributed by atoms with van der Waals surface area (Å²) in [5.41, 5.74) is -12.7. The van der Waals surface area contributed by atoms with Crippen molar-refractivity contribution in [3.8, 4) is 5.75 Å². The number of nitrogens with one attached hydrogen (secondary N) is 1. The van der Waals surface area contributed by atoms with Crippen molar-refractivity contribution in [3.05, 3.63) is 98.0 Å². The van der Waals surface area contributed by atoms with E-state index in [-0.39, 0.29) is 27.3 Å². The first-order valence-corrected chi connectivity index (χ1v) is 15.9. The Kier molecular flexibility index (Phi) is 11.8. The first kappa shape index (κ1) is 41.7. The first-order chi connectivity index (χ1) is 24.3. The average molecular weight is 872 g/mol. The summed E-state index contributed by atoms with van der Waals surface area (Å²) in [5, 5.41) is 1.91. The van der Waals surface area contributed by atoms with Crippen molar-refractivity contribution in [3.63, 3.8) is 0 Å². The van der Waals surface area contributed by atoms with Gasteiger partial charge >= 0.3 is 30.6 Å². The lowest BCUT2D eigenvalue weighted by Crippen LogP contribution is -2.50. The molecular formula is C32H20BrCl2F11N2O5. The largest absolute Gasteiger partial charge is 0.435 e. The molecule has 1 aliphatic rings. The van der Waals surface area contributed by atoms with Gasteiger partial charge in [0.1, 0.15) is 16.0 Å². The van der Waals surface area contributed by atoms with Crippen LogP contribution < -0.4 is 15.1 Å². The Labute approximate surface area is 309 Å². The molecule has 21 heteroatoms.